The van der Waals surface area contributed by atoms with Crippen molar-refractivity contribution in [3.63, 3.8) is 0 Å². The summed E-state index contributed by atoms with van der Waals surface area (Å²) in [5, 5.41) is 2.76. The third-order valence-electron chi connectivity index (χ3n) is 2.11. The van der Waals surface area contributed by atoms with Gasteiger partial charge in [-0.1, -0.05) is 26.8 Å². The summed E-state index contributed by atoms with van der Waals surface area (Å²) >= 11 is 0. The normalized spacial score (nSPS) is 9.11. The smallest absolute Gasteiger partial charge is 0.317 e. The number of H-pyrrole nitrogens is 1. The van der Waals surface area contributed by atoms with Gasteiger partial charge in [0, 0.05) is 25.4 Å². The fraction of sp³-hybridized carbons (Fsp3) is 0.538. The molecule has 2 amide bonds. The number of rotatable bonds is 4. The number of hydrogen-bond acceptors (Lipinski definition) is 2. The Hall–Kier alpha value is -1.78. The van der Waals surface area contributed by atoms with E-state index in [1.54, 1.807) is 19.2 Å². The Morgan fingerprint density at radius 3 is 2.61 bits per heavy atom. The highest BCUT2D eigenvalue weighted by Crippen LogP contribution is 1.96. The average Bonchev–Trinajstić information content (AvgIpc) is 2.38. The second-order valence-corrected chi connectivity index (χ2v) is 3.63. The molecule has 0 saturated carbocycles. The molecule has 18 heavy (non-hydrogen) atoms. The maximum atomic E-state index is 11.5. The third kappa shape index (κ3) is 6.08. The van der Waals surface area contributed by atoms with Gasteiger partial charge in [-0.05, 0) is 12.5 Å². The topological polar surface area (TPSA) is 65.2 Å². The average molecular weight is 253 g/mol. The zero-order valence-electron chi connectivity index (χ0n) is 11.6. The van der Waals surface area contributed by atoms with Crippen LogP contribution in [0.1, 0.15) is 32.9 Å². The van der Waals surface area contributed by atoms with Crippen LogP contribution in [0.3, 0.4) is 0 Å². The molecule has 0 fully saturated rings. The Labute approximate surface area is 108 Å². The predicted octanol–water partition coefficient (Wildman–Crippen LogP) is 1.95. The van der Waals surface area contributed by atoms with E-state index in [2.05, 4.69) is 10.3 Å². The minimum atomic E-state index is -0.153. The van der Waals surface area contributed by atoms with E-state index in [0.29, 0.717) is 13.1 Å². The molecule has 1 aromatic rings. The van der Waals surface area contributed by atoms with Crippen molar-refractivity contribution in [3.8, 4) is 0 Å². The molecule has 1 rings (SSSR count). The minimum Gasteiger partial charge on any atom is -0.338 e. The molecular weight excluding hydrogens is 230 g/mol. The lowest BCUT2D eigenvalue weighted by Crippen LogP contribution is -2.37. The summed E-state index contributed by atoms with van der Waals surface area (Å²) in [6.45, 7) is 7.05. The molecule has 5 nitrogen and oxygen atoms in total. The molecule has 2 N–H and O–H groups in total. The Morgan fingerprint density at radius 1 is 1.39 bits per heavy atom. The van der Waals surface area contributed by atoms with Crippen LogP contribution in [0.2, 0.25) is 0 Å². The van der Waals surface area contributed by atoms with Crippen LogP contribution in [0.4, 0.5) is 4.79 Å². The lowest BCUT2D eigenvalue weighted by atomic mass is 10.3. The highest BCUT2D eigenvalue weighted by atomic mass is 16.2. The molecular formula is C13H23N3O2. The molecule has 5 heteroatoms. The number of carbonyl (C=O) groups excluding carboxylic acids is 1. The van der Waals surface area contributed by atoms with Crippen molar-refractivity contribution >= 4 is 6.03 Å². The van der Waals surface area contributed by atoms with Gasteiger partial charge in [-0.15, -0.1) is 0 Å². The number of pyridine rings is 1. The summed E-state index contributed by atoms with van der Waals surface area (Å²) in [7, 11) is 1.69. The zero-order valence-corrected chi connectivity index (χ0v) is 11.6. The van der Waals surface area contributed by atoms with Gasteiger partial charge in [-0.2, -0.15) is 0 Å². The number of nitrogens with one attached hydrogen (secondary N) is 2. The monoisotopic (exact) mass is 253 g/mol. The Bertz CT molecular complexity index is 401. The van der Waals surface area contributed by atoms with Gasteiger partial charge < -0.3 is 15.2 Å². The Balaban J connectivity index is 0.00000137. The number of carbonyl (C=O) groups is 1. The van der Waals surface area contributed by atoms with Crippen molar-refractivity contribution in [2.45, 2.75) is 33.7 Å². The van der Waals surface area contributed by atoms with Crippen LogP contribution in [0, 0.1) is 0 Å². The van der Waals surface area contributed by atoms with Crippen LogP contribution in [0.5, 0.6) is 0 Å². The largest absolute Gasteiger partial charge is 0.338 e. The maximum Gasteiger partial charge on any atom is 0.317 e. The first-order chi connectivity index (χ1) is 8.63. The number of aromatic amines is 1. The van der Waals surface area contributed by atoms with E-state index < -0.39 is 0 Å². The standard InChI is InChI=1S/C11H17N3O2.C2H6/c1-3-7-12-11(16)14(2)8-9-5-4-6-10(15)13-9;1-2/h4-6H,3,7-8H2,1-2H3,(H,12,16)(H,13,15);1-2H3. The lowest BCUT2D eigenvalue weighted by molar-refractivity contribution is 0.206. The van der Waals surface area contributed by atoms with Crippen molar-refractivity contribution in [3.05, 3.63) is 34.2 Å². The van der Waals surface area contributed by atoms with Gasteiger partial charge in [0.1, 0.15) is 0 Å². The minimum absolute atomic E-state index is 0.133. The van der Waals surface area contributed by atoms with E-state index in [0.717, 1.165) is 12.1 Å². The van der Waals surface area contributed by atoms with Gasteiger partial charge >= 0.3 is 6.03 Å². The SMILES string of the molecule is CC.CCCNC(=O)N(C)Cc1cccc(=O)[nH]1. The molecule has 0 unspecified atom stereocenters. The molecule has 0 atom stereocenters. The number of amides is 2. The molecule has 0 radical (unpaired) electrons. The van der Waals surface area contributed by atoms with E-state index >= 15 is 0 Å². The Kier molecular flexibility index (Phi) is 8.35. The van der Waals surface area contributed by atoms with Gasteiger partial charge in [-0.3, -0.25) is 4.79 Å². The summed E-state index contributed by atoms with van der Waals surface area (Å²) in [6, 6.07) is 4.77. The van der Waals surface area contributed by atoms with Crippen LogP contribution in [0.25, 0.3) is 0 Å². The van der Waals surface area contributed by atoms with Gasteiger partial charge in [0.15, 0.2) is 0 Å². The van der Waals surface area contributed by atoms with Crippen LogP contribution in [0.15, 0.2) is 23.0 Å². The predicted molar refractivity (Wildman–Crippen MR) is 73.6 cm³/mol. The number of urea groups is 1. The first-order valence-electron chi connectivity index (χ1n) is 6.30. The Morgan fingerprint density at radius 2 is 2.06 bits per heavy atom. The molecule has 0 bridgehead atoms. The van der Waals surface area contributed by atoms with Crippen molar-refractivity contribution < 1.29 is 4.79 Å². The van der Waals surface area contributed by atoms with Crippen molar-refractivity contribution in [1.29, 1.82) is 0 Å². The summed E-state index contributed by atoms with van der Waals surface area (Å²) in [5.74, 6) is 0. The number of aromatic nitrogens is 1. The van der Waals surface area contributed by atoms with Crippen LogP contribution in [-0.4, -0.2) is 29.5 Å². The van der Waals surface area contributed by atoms with E-state index in [-0.39, 0.29) is 11.6 Å². The first-order valence-corrected chi connectivity index (χ1v) is 6.30. The van der Waals surface area contributed by atoms with E-state index in [1.807, 2.05) is 20.8 Å². The summed E-state index contributed by atoms with van der Waals surface area (Å²) in [5.41, 5.74) is 0.571. The molecule has 102 valence electrons. The molecule has 0 aromatic carbocycles. The second-order valence-electron chi connectivity index (χ2n) is 3.63. The summed E-state index contributed by atoms with van der Waals surface area (Å²) in [4.78, 5) is 26.8. The number of nitrogens with zero attached hydrogens (tertiary/aromatic N) is 1. The molecule has 0 aliphatic rings. The highest BCUT2D eigenvalue weighted by Gasteiger charge is 2.07. The van der Waals surface area contributed by atoms with E-state index in [1.165, 1.54) is 11.0 Å². The van der Waals surface area contributed by atoms with Crippen molar-refractivity contribution in [1.82, 2.24) is 15.2 Å². The van der Waals surface area contributed by atoms with Gasteiger partial charge in [-0.25, -0.2) is 4.79 Å². The third-order valence-corrected chi connectivity index (χ3v) is 2.11. The van der Waals surface area contributed by atoms with Crippen molar-refractivity contribution in [2.24, 2.45) is 0 Å². The highest BCUT2D eigenvalue weighted by molar-refractivity contribution is 5.73. The first kappa shape index (κ1) is 16.2. The fourth-order valence-corrected chi connectivity index (χ4v) is 1.28. The molecule has 0 aliphatic heterocycles. The summed E-state index contributed by atoms with van der Waals surface area (Å²) < 4.78 is 0. The number of hydrogen-bond donors (Lipinski definition) is 2. The summed E-state index contributed by atoms with van der Waals surface area (Å²) in [6.07, 6.45) is 0.905. The molecule has 0 aliphatic carbocycles. The quantitative estimate of drug-likeness (QED) is 0.861. The molecule has 0 spiro atoms. The molecule has 0 saturated heterocycles. The van der Waals surface area contributed by atoms with Gasteiger partial charge in [0.25, 0.3) is 0 Å². The van der Waals surface area contributed by atoms with E-state index in [9.17, 15) is 9.59 Å². The van der Waals surface area contributed by atoms with Gasteiger partial charge in [0.2, 0.25) is 5.56 Å². The zero-order chi connectivity index (χ0) is 14.0. The van der Waals surface area contributed by atoms with Crippen LogP contribution in [-0.2, 0) is 6.54 Å². The second kappa shape index (κ2) is 9.27. The van der Waals surface area contributed by atoms with Crippen molar-refractivity contribution in [2.75, 3.05) is 13.6 Å². The fourth-order valence-electron chi connectivity index (χ4n) is 1.28. The van der Waals surface area contributed by atoms with E-state index in [4.69, 9.17) is 0 Å². The van der Waals surface area contributed by atoms with Gasteiger partial charge in [0.05, 0.1) is 6.54 Å². The maximum absolute atomic E-state index is 11.5. The molecule has 1 aromatic heterocycles. The molecule has 1 heterocycles. The lowest BCUT2D eigenvalue weighted by Gasteiger charge is -2.17. The van der Waals surface area contributed by atoms with Crippen LogP contribution < -0.4 is 10.9 Å². The van der Waals surface area contributed by atoms with Crippen LogP contribution >= 0.6 is 0 Å².